The van der Waals surface area contributed by atoms with E-state index < -0.39 is 72.2 Å². The maximum atomic E-state index is 13.6. The number of phenols is 1. The molecular weight excluding hydrogens is 546 g/mol. The maximum absolute atomic E-state index is 13.6. The summed E-state index contributed by atoms with van der Waals surface area (Å²) in [7, 11) is 1.16. The molecule has 4 amide bonds. The second kappa shape index (κ2) is 18.1. The molecule has 1 unspecified atom stereocenters. The van der Waals surface area contributed by atoms with Crippen molar-refractivity contribution in [2.24, 2.45) is 23.3 Å². The molecule has 0 fully saturated rings. The molecule has 1 aromatic rings. The van der Waals surface area contributed by atoms with Gasteiger partial charge in [0.15, 0.2) is 0 Å². The van der Waals surface area contributed by atoms with Crippen LogP contribution >= 0.6 is 0 Å². The van der Waals surface area contributed by atoms with Crippen molar-refractivity contribution in [2.45, 2.75) is 84.0 Å². The molecule has 0 saturated heterocycles. The third kappa shape index (κ3) is 11.4. The van der Waals surface area contributed by atoms with Crippen LogP contribution in [0.4, 0.5) is 0 Å². The minimum atomic E-state index is -1.44. The Labute approximate surface area is 247 Å². The van der Waals surface area contributed by atoms with Crippen LogP contribution in [0.3, 0.4) is 0 Å². The van der Waals surface area contributed by atoms with Gasteiger partial charge in [-0.25, -0.2) is 4.79 Å². The molecule has 0 aliphatic heterocycles. The Morgan fingerprint density at radius 3 is 2.10 bits per heavy atom. The number of imide groups is 1. The van der Waals surface area contributed by atoms with Crippen molar-refractivity contribution < 1.29 is 38.9 Å². The average Bonchev–Trinajstić information content (AvgIpc) is 2.95. The number of aromatic hydroxyl groups is 1. The molecular formula is C29H47N5O8. The monoisotopic (exact) mass is 593 g/mol. The van der Waals surface area contributed by atoms with Crippen LogP contribution in [0.25, 0.3) is 0 Å². The summed E-state index contributed by atoms with van der Waals surface area (Å²) in [6.07, 6.45) is 2.62. The van der Waals surface area contributed by atoms with E-state index in [1.807, 2.05) is 12.1 Å². The molecule has 236 valence electrons. The lowest BCUT2D eigenvalue weighted by molar-refractivity contribution is -0.163. The molecule has 0 aliphatic carbocycles. The van der Waals surface area contributed by atoms with Crippen LogP contribution in [-0.4, -0.2) is 89.1 Å². The molecule has 5 atom stereocenters. The molecule has 42 heavy (non-hydrogen) atoms. The number of aliphatic hydroxyl groups excluding tert-OH is 1. The predicted octanol–water partition coefficient (Wildman–Crippen LogP) is -0.0482. The molecule has 8 N–H and O–H groups in total. The van der Waals surface area contributed by atoms with Crippen LogP contribution < -0.4 is 22.1 Å². The number of hydrogen-bond acceptors (Lipinski definition) is 10. The lowest BCUT2D eigenvalue weighted by Crippen LogP contribution is -2.59. The fraction of sp³-hybridized carbons (Fsp3) is 0.621. The highest BCUT2D eigenvalue weighted by Gasteiger charge is 2.41. The zero-order chi connectivity index (χ0) is 32.0. The quantitative estimate of drug-likeness (QED) is 0.105. The first-order chi connectivity index (χ1) is 19.7. The van der Waals surface area contributed by atoms with Crippen molar-refractivity contribution in [1.29, 1.82) is 0 Å². The summed E-state index contributed by atoms with van der Waals surface area (Å²) in [6.45, 7) is 5.42. The number of ether oxygens (including phenoxy) is 1. The lowest BCUT2D eigenvalue weighted by atomic mass is 9.95. The standard InChI is InChI=1S/C29H47N5O8/c1-17(2)25(29(41)42-5)34(23(37)10-8-6-7-9-20-11-13-22(36)14-12-20)28(40)24(31)21(16-35)15-32-27(39)19(4)33-26(38)18(3)30/h11-14,17-19,21,24-25,35-36H,6-10,15-16,30-31H2,1-5H3,(H,32,39)(H,33,38)/t18-,19-,21?,24-,25-/m0/s1. The zero-order valence-electron chi connectivity index (χ0n) is 25.2. The number of carbonyl (C=O) groups is 5. The van der Waals surface area contributed by atoms with Crippen molar-refractivity contribution in [3.05, 3.63) is 29.8 Å². The third-order valence-electron chi connectivity index (χ3n) is 6.88. The van der Waals surface area contributed by atoms with Gasteiger partial charge < -0.3 is 37.1 Å². The lowest BCUT2D eigenvalue weighted by Gasteiger charge is -2.34. The number of hydrogen-bond donors (Lipinski definition) is 6. The average molecular weight is 594 g/mol. The Hall–Kier alpha value is -3.55. The number of rotatable bonds is 17. The van der Waals surface area contributed by atoms with Crippen LogP contribution in [0, 0.1) is 11.8 Å². The number of esters is 1. The molecule has 13 heteroatoms. The van der Waals surface area contributed by atoms with E-state index in [-0.39, 0.29) is 18.7 Å². The van der Waals surface area contributed by atoms with E-state index in [9.17, 15) is 34.2 Å². The van der Waals surface area contributed by atoms with Crippen LogP contribution in [0.2, 0.25) is 0 Å². The SMILES string of the molecule is COC(=O)[C@H](C(C)C)N(C(=O)CCCCCc1ccc(O)cc1)C(=O)[C@@H](N)C(CO)CNC(=O)[C@H](C)NC(=O)[C@H](C)N. The number of unbranched alkanes of at least 4 members (excludes halogenated alkanes) is 2. The summed E-state index contributed by atoms with van der Waals surface area (Å²) >= 11 is 0. The Morgan fingerprint density at radius 2 is 1.57 bits per heavy atom. The number of nitrogens with zero attached hydrogens (tertiary/aromatic N) is 1. The van der Waals surface area contributed by atoms with E-state index in [2.05, 4.69) is 10.6 Å². The summed E-state index contributed by atoms with van der Waals surface area (Å²) in [5.74, 6) is -4.67. The van der Waals surface area contributed by atoms with Gasteiger partial charge in [-0.05, 0) is 56.7 Å². The fourth-order valence-electron chi connectivity index (χ4n) is 4.24. The number of aryl methyl sites for hydroxylation is 1. The van der Waals surface area contributed by atoms with Gasteiger partial charge in [0.25, 0.3) is 0 Å². The molecule has 1 aromatic carbocycles. The molecule has 0 spiro atoms. The van der Waals surface area contributed by atoms with Crippen molar-refractivity contribution in [3.63, 3.8) is 0 Å². The van der Waals surface area contributed by atoms with Gasteiger partial charge in [-0.2, -0.15) is 0 Å². The molecule has 0 radical (unpaired) electrons. The Kier molecular flexibility index (Phi) is 15.7. The Bertz CT molecular complexity index is 1050. The normalized spacial score (nSPS) is 14.7. The number of benzene rings is 1. The minimum Gasteiger partial charge on any atom is -0.508 e. The molecule has 0 heterocycles. The number of phenolic OH excluding ortho intramolecular Hbond substituents is 1. The summed E-state index contributed by atoms with van der Waals surface area (Å²) in [4.78, 5) is 64.7. The van der Waals surface area contributed by atoms with Gasteiger partial charge in [0.05, 0.1) is 19.2 Å². The molecule has 13 nitrogen and oxygen atoms in total. The van der Waals surface area contributed by atoms with Crippen molar-refractivity contribution in [1.82, 2.24) is 15.5 Å². The van der Waals surface area contributed by atoms with E-state index in [4.69, 9.17) is 16.2 Å². The molecule has 1 rings (SSSR count). The first-order valence-corrected chi connectivity index (χ1v) is 14.2. The highest BCUT2D eigenvalue weighted by molar-refractivity contribution is 6.01. The number of amides is 4. The summed E-state index contributed by atoms with van der Waals surface area (Å²) in [6, 6.07) is 2.43. The van der Waals surface area contributed by atoms with Crippen LogP contribution in [-0.2, 0) is 35.1 Å². The van der Waals surface area contributed by atoms with Gasteiger partial charge in [0.2, 0.25) is 23.6 Å². The number of nitrogens with one attached hydrogen (secondary N) is 2. The second-order valence-electron chi connectivity index (χ2n) is 10.8. The minimum absolute atomic E-state index is 0.0223. The van der Waals surface area contributed by atoms with Crippen molar-refractivity contribution in [3.8, 4) is 5.75 Å². The van der Waals surface area contributed by atoms with Crippen molar-refractivity contribution in [2.75, 3.05) is 20.3 Å². The summed E-state index contributed by atoms with van der Waals surface area (Å²) in [5.41, 5.74) is 12.8. The highest BCUT2D eigenvalue weighted by atomic mass is 16.5. The largest absolute Gasteiger partial charge is 0.508 e. The second-order valence-corrected chi connectivity index (χ2v) is 10.8. The van der Waals surface area contributed by atoms with Crippen molar-refractivity contribution >= 4 is 29.6 Å². The van der Waals surface area contributed by atoms with Gasteiger partial charge in [0, 0.05) is 25.5 Å². The molecule has 0 bridgehead atoms. The predicted molar refractivity (Wildman–Crippen MR) is 156 cm³/mol. The van der Waals surface area contributed by atoms with E-state index in [0.717, 1.165) is 30.4 Å². The van der Waals surface area contributed by atoms with Gasteiger partial charge in [0.1, 0.15) is 17.8 Å². The fourth-order valence-corrected chi connectivity index (χ4v) is 4.24. The van der Waals surface area contributed by atoms with Gasteiger partial charge >= 0.3 is 5.97 Å². The first-order valence-electron chi connectivity index (χ1n) is 14.2. The van der Waals surface area contributed by atoms with Gasteiger partial charge in [-0.3, -0.25) is 24.1 Å². The van der Waals surface area contributed by atoms with Gasteiger partial charge in [-0.1, -0.05) is 32.4 Å². The highest BCUT2D eigenvalue weighted by Crippen LogP contribution is 2.19. The van der Waals surface area contributed by atoms with E-state index >= 15 is 0 Å². The van der Waals surface area contributed by atoms with E-state index in [1.54, 1.807) is 26.0 Å². The summed E-state index contributed by atoms with van der Waals surface area (Å²) < 4.78 is 4.88. The topological polar surface area (TPSA) is 214 Å². The Morgan fingerprint density at radius 1 is 0.952 bits per heavy atom. The molecule has 0 saturated carbocycles. The number of nitrogens with two attached hydrogens (primary N) is 2. The Balaban J connectivity index is 2.95. The van der Waals surface area contributed by atoms with Crippen LogP contribution in [0.5, 0.6) is 5.75 Å². The first kappa shape index (κ1) is 36.5. The van der Waals surface area contributed by atoms with Gasteiger partial charge in [-0.15, -0.1) is 0 Å². The van der Waals surface area contributed by atoms with E-state index in [1.165, 1.54) is 13.8 Å². The smallest absolute Gasteiger partial charge is 0.329 e. The number of carbonyl (C=O) groups excluding carboxylic acids is 5. The molecule has 0 aromatic heterocycles. The number of methoxy groups -OCH3 is 1. The van der Waals surface area contributed by atoms with E-state index in [0.29, 0.717) is 12.8 Å². The maximum Gasteiger partial charge on any atom is 0.329 e. The summed E-state index contributed by atoms with van der Waals surface area (Å²) in [5, 5.41) is 24.4. The zero-order valence-corrected chi connectivity index (χ0v) is 25.2. The van der Waals surface area contributed by atoms with Crippen LogP contribution in [0.1, 0.15) is 58.9 Å². The third-order valence-corrected chi connectivity index (χ3v) is 6.88. The molecule has 0 aliphatic rings. The number of aliphatic hydroxyl groups is 1. The van der Waals surface area contributed by atoms with Crippen LogP contribution in [0.15, 0.2) is 24.3 Å².